The Morgan fingerprint density at radius 2 is 2.12 bits per heavy atom. The van der Waals surface area contributed by atoms with Crippen LogP contribution in [0.5, 0.6) is 0 Å². The summed E-state index contributed by atoms with van der Waals surface area (Å²) in [6.45, 7) is 4.21. The third-order valence-corrected chi connectivity index (χ3v) is 4.34. The molecule has 17 heavy (non-hydrogen) atoms. The molecule has 2 rings (SSSR count). The summed E-state index contributed by atoms with van der Waals surface area (Å²) in [5.74, 6) is 0. The van der Waals surface area contributed by atoms with E-state index in [9.17, 15) is 0 Å². The van der Waals surface area contributed by atoms with Crippen LogP contribution >= 0.6 is 11.3 Å². The summed E-state index contributed by atoms with van der Waals surface area (Å²) in [5, 5.41) is 7.22. The van der Waals surface area contributed by atoms with Gasteiger partial charge in [-0.3, -0.25) is 4.68 Å². The van der Waals surface area contributed by atoms with Gasteiger partial charge in [-0.25, -0.2) is 4.98 Å². The van der Waals surface area contributed by atoms with Crippen LogP contribution in [0.2, 0.25) is 0 Å². The second-order valence-corrected chi connectivity index (χ2v) is 5.10. The van der Waals surface area contributed by atoms with Crippen molar-refractivity contribution < 1.29 is 0 Å². The number of hydrogen-bond donors (Lipinski definition) is 1. The highest BCUT2D eigenvalue weighted by atomic mass is 32.1. The van der Waals surface area contributed by atoms with Gasteiger partial charge in [0.2, 0.25) is 0 Å². The Labute approximate surface area is 105 Å². The number of aromatic nitrogens is 3. The minimum absolute atomic E-state index is 0.290. The molecule has 0 radical (unpaired) electrons. The molecule has 92 valence electrons. The molecule has 0 amide bonds. The standard InChI is InChI=1S/C12H18N4S/c1-4-12(13,5-2)11-15-9(8-17-11)10-6-7-14-16(10)3/h6-8H,4-5,13H2,1-3H3. The first-order valence-electron chi connectivity index (χ1n) is 5.84. The summed E-state index contributed by atoms with van der Waals surface area (Å²) in [6.07, 6.45) is 3.59. The van der Waals surface area contributed by atoms with Gasteiger partial charge in [0.1, 0.15) is 5.01 Å². The first-order valence-corrected chi connectivity index (χ1v) is 6.72. The molecule has 0 saturated heterocycles. The number of aryl methyl sites for hydroxylation is 1. The van der Waals surface area contributed by atoms with Crippen molar-refractivity contribution in [2.24, 2.45) is 12.8 Å². The summed E-state index contributed by atoms with van der Waals surface area (Å²) in [4.78, 5) is 4.66. The van der Waals surface area contributed by atoms with Gasteiger partial charge in [0.05, 0.1) is 16.9 Å². The van der Waals surface area contributed by atoms with Crippen LogP contribution in [0.1, 0.15) is 31.7 Å². The van der Waals surface area contributed by atoms with Gasteiger partial charge < -0.3 is 5.73 Å². The molecule has 0 spiro atoms. The number of nitrogens with two attached hydrogens (primary N) is 1. The van der Waals surface area contributed by atoms with Crippen LogP contribution in [0.25, 0.3) is 11.4 Å². The molecular formula is C12H18N4S. The fourth-order valence-electron chi connectivity index (χ4n) is 1.80. The molecule has 2 aromatic heterocycles. The van der Waals surface area contributed by atoms with Crippen LogP contribution in [0.15, 0.2) is 17.6 Å². The summed E-state index contributed by atoms with van der Waals surface area (Å²) < 4.78 is 1.83. The van der Waals surface area contributed by atoms with Crippen LogP contribution in [0, 0.1) is 0 Å². The third kappa shape index (κ3) is 2.12. The van der Waals surface area contributed by atoms with Gasteiger partial charge in [-0.05, 0) is 18.9 Å². The molecule has 5 heteroatoms. The van der Waals surface area contributed by atoms with Crippen molar-refractivity contribution >= 4 is 11.3 Å². The summed E-state index contributed by atoms with van der Waals surface area (Å²) in [6, 6.07) is 1.97. The molecule has 0 atom stereocenters. The molecular weight excluding hydrogens is 232 g/mol. The summed E-state index contributed by atoms with van der Waals surface area (Å²) in [7, 11) is 1.92. The normalized spacial score (nSPS) is 12.0. The van der Waals surface area contributed by atoms with Crippen molar-refractivity contribution in [3.63, 3.8) is 0 Å². The fourth-order valence-corrected chi connectivity index (χ4v) is 2.87. The zero-order valence-electron chi connectivity index (χ0n) is 10.5. The first-order chi connectivity index (χ1) is 8.10. The highest BCUT2D eigenvalue weighted by Crippen LogP contribution is 2.31. The van der Waals surface area contributed by atoms with E-state index in [0.29, 0.717) is 0 Å². The highest BCUT2D eigenvalue weighted by Gasteiger charge is 2.26. The lowest BCUT2D eigenvalue weighted by molar-refractivity contribution is 0.411. The van der Waals surface area contributed by atoms with E-state index in [2.05, 4.69) is 29.3 Å². The van der Waals surface area contributed by atoms with E-state index < -0.39 is 0 Å². The average Bonchev–Trinajstić information content (AvgIpc) is 2.96. The van der Waals surface area contributed by atoms with E-state index >= 15 is 0 Å². The summed E-state index contributed by atoms with van der Waals surface area (Å²) in [5.41, 5.74) is 8.05. The second kappa shape index (κ2) is 4.58. The Morgan fingerprint density at radius 3 is 2.65 bits per heavy atom. The molecule has 0 unspecified atom stereocenters. The van der Waals surface area contributed by atoms with Gasteiger partial charge in [-0.2, -0.15) is 5.10 Å². The number of nitrogens with zero attached hydrogens (tertiary/aromatic N) is 3. The Bertz CT molecular complexity index is 496. The van der Waals surface area contributed by atoms with Crippen LogP contribution in [0.4, 0.5) is 0 Å². The van der Waals surface area contributed by atoms with Crippen LogP contribution < -0.4 is 5.73 Å². The van der Waals surface area contributed by atoms with Crippen molar-refractivity contribution in [1.29, 1.82) is 0 Å². The maximum atomic E-state index is 6.35. The van der Waals surface area contributed by atoms with Crippen LogP contribution in [-0.2, 0) is 12.6 Å². The topological polar surface area (TPSA) is 56.7 Å². The van der Waals surface area contributed by atoms with Crippen molar-refractivity contribution in [1.82, 2.24) is 14.8 Å². The zero-order chi connectivity index (χ0) is 12.5. The van der Waals surface area contributed by atoms with Gasteiger partial charge in [0, 0.05) is 18.6 Å². The van der Waals surface area contributed by atoms with Crippen LogP contribution in [-0.4, -0.2) is 14.8 Å². The number of rotatable bonds is 4. The average molecular weight is 250 g/mol. The van der Waals surface area contributed by atoms with E-state index in [4.69, 9.17) is 5.73 Å². The minimum atomic E-state index is -0.290. The summed E-state index contributed by atoms with van der Waals surface area (Å²) >= 11 is 1.64. The predicted octanol–water partition coefficient (Wildman–Crippen LogP) is 2.52. The Balaban J connectivity index is 2.37. The lowest BCUT2D eigenvalue weighted by atomic mass is 9.95. The van der Waals surface area contributed by atoms with Crippen molar-refractivity contribution in [2.75, 3.05) is 0 Å². The van der Waals surface area contributed by atoms with Crippen molar-refractivity contribution in [3.05, 3.63) is 22.7 Å². The zero-order valence-corrected chi connectivity index (χ0v) is 11.3. The SMILES string of the molecule is CCC(N)(CC)c1nc(-c2ccnn2C)cs1. The molecule has 0 aliphatic rings. The smallest absolute Gasteiger partial charge is 0.113 e. The lowest BCUT2D eigenvalue weighted by Gasteiger charge is -2.23. The molecule has 2 aromatic rings. The second-order valence-electron chi connectivity index (χ2n) is 4.24. The molecule has 2 heterocycles. The van der Waals surface area contributed by atoms with Crippen molar-refractivity contribution in [3.8, 4) is 11.4 Å². The van der Waals surface area contributed by atoms with Gasteiger partial charge in [0.25, 0.3) is 0 Å². The Hall–Kier alpha value is -1.20. The van der Waals surface area contributed by atoms with Gasteiger partial charge in [-0.15, -0.1) is 11.3 Å². The molecule has 0 saturated carbocycles. The predicted molar refractivity (Wildman–Crippen MR) is 70.8 cm³/mol. The highest BCUT2D eigenvalue weighted by molar-refractivity contribution is 7.10. The Kier molecular flexibility index (Phi) is 3.31. The maximum Gasteiger partial charge on any atom is 0.113 e. The molecule has 0 aliphatic heterocycles. The molecule has 2 N–H and O–H groups in total. The lowest BCUT2D eigenvalue weighted by Crippen LogP contribution is -2.34. The van der Waals surface area contributed by atoms with E-state index in [0.717, 1.165) is 29.2 Å². The van der Waals surface area contributed by atoms with Gasteiger partial charge in [0.15, 0.2) is 0 Å². The van der Waals surface area contributed by atoms with E-state index in [-0.39, 0.29) is 5.54 Å². The van der Waals surface area contributed by atoms with Crippen LogP contribution in [0.3, 0.4) is 0 Å². The molecule has 0 aromatic carbocycles. The number of thiazole rings is 1. The van der Waals surface area contributed by atoms with Gasteiger partial charge in [-0.1, -0.05) is 13.8 Å². The number of hydrogen-bond acceptors (Lipinski definition) is 4. The van der Waals surface area contributed by atoms with Crippen molar-refractivity contribution in [2.45, 2.75) is 32.2 Å². The molecule has 0 bridgehead atoms. The maximum absolute atomic E-state index is 6.35. The third-order valence-electron chi connectivity index (χ3n) is 3.28. The fraction of sp³-hybridized carbons (Fsp3) is 0.500. The van der Waals surface area contributed by atoms with E-state index in [1.807, 2.05) is 17.8 Å². The monoisotopic (exact) mass is 250 g/mol. The quantitative estimate of drug-likeness (QED) is 0.907. The minimum Gasteiger partial charge on any atom is -0.319 e. The molecule has 0 fully saturated rings. The first kappa shape index (κ1) is 12.3. The Morgan fingerprint density at radius 1 is 1.41 bits per heavy atom. The van der Waals surface area contributed by atoms with E-state index in [1.165, 1.54) is 0 Å². The van der Waals surface area contributed by atoms with E-state index in [1.54, 1.807) is 17.5 Å². The largest absolute Gasteiger partial charge is 0.319 e. The molecule has 4 nitrogen and oxygen atoms in total. The molecule has 0 aliphatic carbocycles. The van der Waals surface area contributed by atoms with Gasteiger partial charge >= 0.3 is 0 Å².